The second kappa shape index (κ2) is 9.86. The fourth-order valence-corrected chi connectivity index (χ4v) is 5.37. The Bertz CT molecular complexity index is 1240. The van der Waals surface area contributed by atoms with Crippen LogP contribution in [0, 0.1) is 17.0 Å². The van der Waals surface area contributed by atoms with Gasteiger partial charge in [-0.2, -0.15) is 0 Å². The quantitative estimate of drug-likeness (QED) is 0.391. The number of hydrogen-bond acceptors (Lipinski definition) is 7. The molecule has 5 rings (SSSR count). The van der Waals surface area contributed by atoms with E-state index in [9.17, 15) is 37.9 Å². The Morgan fingerprint density at radius 1 is 1.11 bits per heavy atom. The van der Waals surface area contributed by atoms with Gasteiger partial charge in [0, 0.05) is 51.3 Å². The Morgan fingerprint density at radius 2 is 1.76 bits per heavy atom. The summed E-state index contributed by atoms with van der Waals surface area (Å²) in [7, 11) is 4.26. The minimum absolute atomic E-state index is 0.00504. The topological polar surface area (TPSA) is 140 Å². The van der Waals surface area contributed by atoms with E-state index in [4.69, 9.17) is 0 Å². The lowest BCUT2D eigenvalue weighted by Crippen LogP contribution is -2.65. The summed E-state index contributed by atoms with van der Waals surface area (Å²) in [6.45, 7) is -0.685. The van der Waals surface area contributed by atoms with Gasteiger partial charge in [-0.3, -0.25) is 28.9 Å². The third-order valence-electron chi connectivity index (χ3n) is 7.85. The number of hydrogen-bond donors (Lipinski definition) is 2. The Kier molecular flexibility index (Phi) is 7.08. The van der Waals surface area contributed by atoms with Gasteiger partial charge in [-0.15, -0.1) is 0 Å². The van der Waals surface area contributed by atoms with Crippen molar-refractivity contribution in [3.8, 4) is 0 Å². The van der Waals surface area contributed by atoms with Gasteiger partial charge in [0.15, 0.2) is 6.04 Å². The van der Waals surface area contributed by atoms with Crippen LogP contribution >= 0.6 is 0 Å². The van der Waals surface area contributed by atoms with Gasteiger partial charge in [-0.1, -0.05) is 6.07 Å². The van der Waals surface area contributed by atoms with Crippen molar-refractivity contribution in [2.45, 2.75) is 43.8 Å². The first-order valence-electron chi connectivity index (χ1n) is 12.1. The third-order valence-corrected chi connectivity index (χ3v) is 7.85. The van der Waals surface area contributed by atoms with Crippen molar-refractivity contribution in [1.29, 1.82) is 0 Å². The summed E-state index contributed by atoms with van der Waals surface area (Å²) in [5.74, 6) is -6.44. The highest BCUT2D eigenvalue weighted by Crippen LogP contribution is 2.49. The van der Waals surface area contributed by atoms with Crippen LogP contribution in [0.4, 0.5) is 8.78 Å². The average molecular weight is 534 g/mol. The largest absolute Gasteiger partial charge is 0.396 e. The number of carbonyl (C=O) groups is 5. The molecule has 3 aliphatic heterocycles. The summed E-state index contributed by atoms with van der Waals surface area (Å²) in [5.41, 5.74) is -2.05. The summed E-state index contributed by atoms with van der Waals surface area (Å²) in [4.78, 5) is 72.7. The number of nitrogens with one attached hydrogen (secondary N) is 1. The molecule has 4 aliphatic rings. The first kappa shape index (κ1) is 27.3. The molecule has 38 heavy (non-hydrogen) atoms. The van der Waals surface area contributed by atoms with Gasteiger partial charge in [-0.25, -0.2) is 13.8 Å². The number of nitrogens with zero attached hydrogens (tertiary/aromatic N) is 4. The van der Waals surface area contributed by atoms with E-state index in [2.05, 4.69) is 10.3 Å². The van der Waals surface area contributed by atoms with Gasteiger partial charge in [0.05, 0.1) is 6.61 Å². The molecule has 2 saturated heterocycles. The van der Waals surface area contributed by atoms with Gasteiger partial charge in [0.25, 0.3) is 17.6 Å². The Labute approximate surface area is 217 Å². The van der Waals surface area contributed by atoms with Crippen molar-refractivity contribution in [3.63, 3.8) is 0 Å². The number of benzene rings is 1. The van der Waals surface area contributed by atoms with E-state index in [0.717, 1.165) is 21.9 Å². The number of aliphatic imine (C=N–C) groups is 1. The Hall–Kier alpha value is -3.74. The van der Waals surface area contributed by atoms with Crippen molar-refractivity contribution in [3.05, 3.63) is 35.4 Å². The highest BCUT2D eigenvalue weighted by Gasteiger charge is 2.59. The minimum Gasteiger partial charge on any atom is -0.396 e. The second-order valence-electron chi connectivity index (χ2n) is 10.3. The zero-order chi connectivity index (χ0) is 28.0. The number of aliphatic hydroxyl groups is 1. The molecule has 1 unspecified atom stereocenters. The van der Waals surface area contributed by atoms with Gasteiger partial charge in [0.1, 0.15) is 23.0 Å². The molecule has 11 nitrogen and oxygen atoms in total. The SMILES string of the molecule is CN(C)C(=O)C(=O)N(C)C12CCC(CO)(CC1)CN1C(=O)C(=O)C(C(=O)NCc3ccc(F)cc3F)N=C12. The van der Waals surface area contributed by atoms with Crippen LogP contribution in [0.15, 0.2) is 23.2 Å². The molecule has 1 aliphatic carbocycles. The molecule has 4 amide bonds. The van der Waals surface area contributed by atoms with Crippen molar-refractivity contribution in [1.82, 2.24) is 20.0 Å². The van der Waals surface area contributed by atoms with Crippen molar-refractivity contribution >= 4 is 35.2 Å². The summed E-state index contributed by atoms with van der Waals surface area (Å²) in [6.07, 6.45) is 1.24. The number of aliphatic hydroxyl groups excluding tert-OH is 1. The molecule has 204 valence electrons. The number of amidine groups is 1. The maximum absolute atomic E-state index is 14.0. The number of halogens is 2. The number of fused-ring (bicyclic) bond motifs is 2. The number of carbonyl (C=O) groups excluding carboxylic acids is 5. The first-order chi connectivity index (χ1) is 17.9. The number of Topliss-reactive ketones (excluding diaryl/α,β-unsaturated/α-hetero) is 1. The Morgan fingerprint density at radius 3 is 2.34 bits per heavy atom. The molecule has 1 aromatic carbocycles. The minimum atomic E-state index is -1.80. The normalized spacial score (nSPS) is 26.3. The predicted molar refractivity (Wildman–Crippen MR) is 128 cm³/mol. The second-order valence-corrected chi connectivity index (χ2v) is 10.3. The zero-order valence-electron chi connectivity index (χ0n) is 21.3. The van der Waals surface area contributed by atoms with Crippen molar-refractivity contribution in [2.75, 3.05) is 34.3 Å². The summed E-state index contributed by atoms with van der Waals surface area (Å²) in [5, 5.41) is 12.5. The lowest BCUT2D eigenvalue weighted by Gasteiger charge is -2.47. The van der Waals surface area contributed by atoms with E-state index in [1.165, 1.54) is 26.0 Å². The maximum atomic E-state index is 14.0. The molecule has 0 radical (unpaired) electrons. The van der Waals surface area contributed by atoms with E-state index in [0.29, 0.717) is 18.9 Å². The van der Waals surface area contributed by atoms with Crippen molar-refractivity contribution < 1.29 is 37.9 Å². The monoisotopic (exact) mass is 533 g/mol. The molecule has 2 N–H and O–H groups in total. The molecule has 1 atom stereocenters. The van der Waals surface area contributed by atoms with Crippen LogP contribution in [-0.4, -0.2) is 101 Å². The van der Waals surface area contributed by atoms with Crippen molar-refractivity contribution in [2.24, 2.45) is 10.4 Å². The molecule has 3 heterocycles. The van der Waals surface area contributed by atoms with E-state index in [1.54, 1.807) is 0 Å². The average Bonchev–Trinajstić information content (AvgIpc) is 3.13. The predicted octanol–water partition coefficient (Wildman–Crippen LogP) is -0.389. The number of rotatable bonds is 5. The van der Waals surface area contributed by atoms with E-state index >= 15 is 0 Å². The first-order valence-corrected chi connectivity index (χ1v) is 12.1. The van der Waals surface area contributed by atoms with Gasteiger partial charge in [-0.05, 0) is 31.7 Å². The summed E-state index contributed by atoms with van der Waals surface area (Å²) < 4.78 is 27.2. The van der Waals surface area contributed by atoms with Crippen LogP contribution in [0.3, 0.4) is 0 Å². The third kappa shape index (κ3) is 4.44. The molecule has 3 fully saturated rings. The summed E-state index contributed by atoms with van der Waals surface area (Å²) >= 11 is 0. The smallest absolute Gasteiger partial charge is 0.312 e. The molecular formula is C25H29F2N5O6. The fourth-order valence-electron chi connectivity index (χ4n) is 5.37. The van der Waals surface area contributed by atoms with Crippen LogP contribution < -0.4 is 5.32 Å². The molecular weight excluding hydrogens is 504 g/mol. The molecule has 13 heteroatoms. The molecule has 2 bridgehead atoms. The van der Waals surface area contributed by atoms with E-state index in [-0.39, 0.29) is 43.9 Å². The Balaban J connectivity index is 1.72. The highest BCUT2D eigenvalue weighted by molar-refractivity contribution is 6.46. The van der Waals surface area contributed by atoms with Crippen LogP contribution in [0.25, 0.3) is 0 Å². The lowest BCUT2D eigenvalue weighted by molar-refractivity contribution is -0.152. The van der Waals surface area contributed by atoms with Gasteiger partial charge < -0.3 is 20.2 Å². The van der Waals surface area contributed by atoms with Crippen LogP contribution in [0.5, 0.6) is 0 Å². The van der Waals surface area contributed by atoms with Crippen LogP contribution in [0.2, 0.25) is 0 Å². The number of amides is 4. The van der Waals surface area contributed by atoms with Gasteiger partial charge in [0.2, 0.25) is 0 Å². The van der Waals surface area contributed by atoms with Crippen LogP contribution in [0.1, 0.15) is 31.2 Å². The molecule has 1 aromatic rings. The van der Waals surface area contributed by atoms with Crippen LogP contribution in [-0.2, 0) is 30.5 Å². The summed E-state index contributed by atoms with van der Waals surface area (Å²) in [6, 6.07) is 1.01. The zero-order valence-corrected chi connectivity index (χ0v) is 21.3. The fraction of sp³-hybridized carbons (Fsp3) is 0.520. The highest BCUT2D eigenvalue weighted by atomic mass is 19.1. The van der Waals surface area contributed by atoms with E-state index in [1.807, 2.05) is 0 Å². The maximum Gasteiger partial charge on any atom is 0.312 e. The van der Waals surface area contributed by atoms with Gasteiger partial charge >= 0.3 is 11.8 Å². The number of ketones is 1. The molecule has 1 saturated carbocycles. The van der Waals surface area contributed by atoms with E-state index < -0.39 is 58.0 Å². The molecule has 0 aromatic heterocycles. The molecule has 0 spiro atoms. The lowest BCUT2D eigenvalue weighted by atomic mass is 9.68. The number of likely N-dealkylation sites (N-methyl/N-ethyl adjacent to an activating group) is 2. The standard InChI is InChI=1S/C25H29F2N5O6/c1-30(2)21(37)22(38)31(3)25-8-6-24(13-33,7-9-25)12-32-20(36)18(34)17(29-23(25)32)19(35)28-11-14-4-5-15(26)10-16(14)27/h4-5,10,17,33H,6-9,11-13H2,1-3H3,(H,28,35).